The maximum atomic E-state index is 5.53. The Morgan fingerprint density at radius 1 is 1.11 bits per heavy atom. The highest BCUT2D eigenvalue weighted by atomic mass is 15.1. The van der Waals surface area contributed by atoms with Gasteiger partial charge in [0.15, 0.2) is 0 Å². The van der Waals surface area contributed by atoms with Crippen molar-refractivity contribution in [3.8, 4) is 0 Å². The molecule has 0 unspecified atom stereocenters. The lowest BCUT2D eigenvalue weighted by atomic mass is 10.0. The van der Waals surface area contributed by atoms with Crippen molar-refractivity contribution in [1.29, 1.82) is 0 Å². The average Bonchev–Trinajstić information content (AvgIpc) is 2.34. The Morgan fingerprint density at radius 2 is 1.72 bits per heavy atom. The standard InChI is InChI=1S/C14H18N4/c1-10(2)7-11-3-5-13(6-4-11)18-14-16-8-12(15)9-17-14/h3-6,8-10H,7,15H2,1-2H3,(H,16,17,18). The van der Waals surface area contributed by atoms with Gasteiger partial charge in [0.1, 0.15) is 0 Å². The molecule has 4 nitrogen and oxygen atoms in total. The lowest BCUT2D eigenvalue weighted by Crippen LogP contribution is -1.98. The fraction of sp³-hybridized carbons (Fsp3) is 0.286. The summed E-state index contributed by atoms with van der Waals surface area (Å²) in [7, 11) is 0. The van der Waals surface area contributed by atoms with E-state index in [1.807, 2.05) is 12.1 Å². The normalized spacial score (nSPS) is 10.6. The minimum atomic E-state index is 0.556. The van der Waals surface area contributed by atoms with E-state index in [0.717, 1.165) is 12.1 Å². The summed E-state index contributed by atoms with van der Waals surface area (Å²) < 4.78 is 0. The third kappa shape index (κ3) is 3.45. The van der Waals surface area contributed by atoms with Crippen molar-refractivity contribution in [3.05, 3.63) is 42.2 Å². The van der Waals surface area contributed by atoms with Gasteiger partial charge in [-0.3, -0.25) is 0 Å². The third-order valence-corrected chi connectivity index (χ3v) is 2.53. The van der Waals surface area contributed by atoms with Gasteiger partial charge in [-0.15, -0.1) is 0 Å². The predicted molar refractivity (Wildman–Crippen MR) is 74.7 cm³/mol. The Balaban J connectivity index is 2.04. The van der Waals surface area contributed by atoms with Gasteiger partial charge in [-0.2, -0.15) is 0 Å². The smallest absolute Gasteiger partial charge is 0.227 e. The molecule has 0 spiro atoms. The highest BCUT2D eigenvalue weighted by Gasteiger charge is 2.00. The van der Waals surface area contributed by atoms with E-state index in [-0.39, 0.29) is 0 Å². The van der Waals surface area contributed by atoms with Gasteiger partial charge in [-0.25, -0.2) is 9.97 Å². The summed E-state index contributed by atoms with van der Waals surface area (Å²) in [6.07, 6.45) is 4.27. The molecule has 94 valence electrons. The van der Waals surface area contributed by atoms with Gasteiger partial charge in [-0.1, -0.05) is 26.0 Å². The molecule has 0 aliphatic rings. The first kappa shape index (κ1) is 12.4. The maximum absolute atomic E-state index is 5.53. The second kappa shape index (κ2) is 5.49. The highest BCUT2D eigenvalue weighted by molar-refractivity contribution is 5.54. The van der Waals surface area contributed by atoms with E-state index in [0.29, 0.717) is 17.6 Å². The molecule has 1 aromatic heterocycles. The van der Waals surface area contributed by atoms with E-state index in [1.165, 1.54) is 5.56 Å². The van der Waals surface area contributed by atoms with Crippen LogP contribution >= 0.6 is 0 Å². The molecule has 0 amide bonds. The highest BCUT2D eigenvalue weighted by Crippen LogP contribution is 2.16. The van der Waals surface area contributed by atoms with Crippen LogP contribution in [0.2, 0.25) is 0 Å². The van der Waals surface area contributed by atoms with Crippen molar-refractivity contribution >= 4 is 17.3 Å². The van der Waals surface area contributed by atoms with Crippen molar-refractivity contribution in [2.45, 2.75) is 20.3 Å². The number of rotatable bonds is 4. The molecular weight excluding hydrogens is 224 g/mol. The van der Waals surface area contributed by atoms with Gasteiger partial charge < -0.3 is 11.1 Å². The summed E-state index contributed by atoms with van der Waals surface area (Å²) in [5, 5.41) is 3.13. The number of nitrogens with one attached hydrogen (secondary N) is 1. The Morgan fingerprint density at radius 3 is 2.28 bits per heavy atom. The number of aromatic nitrogens is 2. The van der Waals surface area contributed by atoms with Crippen LogP contribution < -0.4 is 11.1 Å². The number of anilines is 3. The molecule has 0 aliphatic carbocycles. The van der Waals surface area contributed by atoms with E-state index in [2.05, 4.69) is 41.3 Å². The fourth-order valence-corrected chi connectivity index (χ4v) is 1.73. The van der Waals surface area contributed by atoms with E-state index in [9.17, 15) is 0 Å². The molecule has 4 heteroatoms. The van der Waals surface area contributed by atoms with Crippen LogP contribution in [0.4, 0.5) is 17.3 Å². The predicted octanol–water partition coefficient (Wildman–Crippen LogP) is 3.00. The first-order valence-corrected chi connectivity index (χ1v) is 6.07. The molecule has 0 fully saturated rings. The Bertz CT molecular complexity index is 488. The Hall–Kier alpha value is -2.10. The quantitative estimate of drug-likeness (QED) is 0.865. The second-order valence-corrected chi connectivity index (χ2v) is 4.76. The van der Waals surface area contributed by atoms with Crippen LogP contribution in [0.15, 0.2) is 36.7 Å². The zero-order valence-corrected chi connectivity index (χ0v) is 10.7. The van der Waals surface area contributed by atoms with E-state index >= 15 is 0 Å². The zero-order valence-electron chi connectivity index (χ0n) is 10.7. The Labute approximate surface area is 107 Å². The van der Waals surface area contributed by atoms with Crippen molar-refractivity contribution in [2.75, 3.05) is 11.1 Å². The summed E-state index contributed by atoms with van der Waals surface area (Å²) in [6.45, 7) is 4.43. The van der Waals surface area contributed by atoms with Crippen LogP contribution in [0.1, 0.15) is 19.4 Å². The SMILES string of the molecule is CC(C)Cc1ccc(Nc2ncc(N)cn2)cc1. The van der Waals surface area contributed by atoms with Crippen LogP contribution in [0.5, 0.6) is 0 Å². The summed E-state index contributed by atoms with van der Waals surface area (Å²) in [6, 6.07) is 8.33. The second-order valence-electron chi connectivity index (χ2n) is 4.76. The number of nitrogens with zero attached hydrogens (tertiary/aromatic N) is 2. The molecule has 0 saturated carbocycles. The summed E-state index contributed by atoms with van der Waals surface area (Å²) in [4.78, 5) is 8.19. The minimum absolute atomic E-state index is 0.556. The number of benzene rings is 1. The van der Waals surface area contributed by atoms with Gasteiger partial charge in [0.05, 0.1) is 18.1 Å². The van der Waals surface area contributed by atoms with Crippen LogP contribution in [-0.4, -0.2) is 9.97 Å². The molecule has 2 rings (SSSR count). The molecule has 0 saturated heterocycles. The average molecular weight is 242 g/mol. The maximum Gasteiger partial charge on any atom is 0.227 e. The van der Waals surface area contributed by atoms with Gasteiger partial charge >= 0.3 is 0 Å². The molecule has 1 heterocycles. The molecule has 0 atom stereocenters. The van der Waals surface area contributed by atoms with Gasteiger partial charge in [0.2, 0.25) is 5.95 Å². The van der Waals surface area contributed by atoms with Crippen molar-refractivity contribution in [2.24, 2.45) is 5.92 Å². The number of hydrogen-bond donors (Lipinski definition) is 2. The van der Waals surface area contributed by atoms with Crippen LogP contribution in [0.25, 0.3) is 0 Å². The molecule has 18 heavy (non-hydrogen) atoms. The molecule has 0 bridgehead atoms. The summed E-state index contributed by atoms with van der Waals surface area (Å²) in [5.74, 6) is 1.23. The summed E-state index contributed by atoms with van der Waals surface area (Å²) >= 11 is 0. The topological polar surface area (TPSA) is 63.8 Å². The number of nitrogens with two attached hydrogens (primary N) is 1. The van der Waals surface area contributed by atoms with Crippen molar-refractivity contribution < 1.29 is 0 Å². The zero-order chi connectivity index (χ0) is 13.0. The minimum Gasteiger partial charge on any atom is -0.396 e. The summed E-state index contributed by atoms with van der Waals surface area (Å²) in [5.41, 5.74) is 8.42. The number of nitrogen functional groups attached to an aromatic ring is 1. The first-order chi connectivity index (χ1) is 8.63. The number of hydrogen-bond acceptors (Lipinski definition) is 4. The van der Waals surface area contributed by atoms with E-state index in [4.69, 9.17) is 5.73 Å². The van der Waals surface area contributed by atoms with Crippen molar-refractivity contribution in [3.63, 3.8) is 0 Å². The van der Waals surface area contributed by atoms with E-state index in [1.54, 1.807) is 12.4 Å². The Kier molecular flexibility index (Phi) is 3.77. The van der Waals surface area contributed by atoms with E-state index < -0.39 is 0 Å². The lowest BCUT2D eigenvalue weighted by molar-refractivity contribution is 0.647. The molecular formula is C14H18N4. The van der Waals surface area contributed by atoms with Crippen LogP contribution in [-0.2, 0) is 6.42 Å². The molecule has 2 aromatic rings. The molecule has 3 N–H and O–H groups in total. The molecule has 0 radical (unpaired) electrons. The first-order valence-electron chi connectivity index (χ1n) is 6.07. The van der Waals surface area contributed by atoms with Crippen LogP contribution in [0.3, 0.4) is 0 Å². The van der Waals surface area contributed by atoms with Gasteiger partial charge in [0.25, 0.3) is 0 Å². The van der Waals surface area contributed by atoms with Crippen LogP contribution in [0, 0.1) is 5.92 Å². The molecule has 0 aliphatic heterocycles. The van der Waals surface area contributed by atoms with Gasteiger partial charge in [-0.05, 0) is 30.0 Å². The fourth-order valence-electron chi connectivity index (χ4n) is 1.73. The van der Waals surface area contributed by atoms with Crippen molar-refractivity contribution in [1.82, 2.24) is 9.97 Å². The lowest BCUT2D eigenvalue weighted by Gasteiger charge is -2.07. The third-order valence-electron chi connectivity index (χ3n) is 2.53. The van der Waals surface area contributed by atoms with Gasteiger partial charge in [0, 0.05) is 5.69 Å². The monoisotopic (exact) mass is 242 g/mol. The molecule has 1 aromatic carbocycles. The largest absolute Gasteiger partial charge is 0.396 e.